The molecule has 1 N–H and O–H groups in total. The van der Waals surface area contributed by atoms with Gasteiger partial charge in [0.25, 0.3) is 0 Å². The highest BCUT2D eigenvalue weighted by Crippen LogP contribution is 2.17. The van der Waals surface area contributed by atoms with Gasteiger partial charge in [0.05, 0.1) is 6.61 Å². The van der Waals surface area contributed by atoms with Crippen LogP contribution in [0.4, 0.5) is 0 Å². The maximum Gasteiger partial charge on any atom is 0.0521 e. The van der Waals surface area contributed by atoms with Gasteiger partial charge in [-0.25, -0.2) is 0 Å². The molecule has 1 heterocycles. The van der Waals surface area contributed by atoms with E-state index in [1.54, 1.807) is 0 Å². The number of nitrogens with zero attached hydrogens (tertiary/aromatic N) is 1. The van der Waals surface area contributed by atoms with Crippen molar-refractivity contribution in [2.24, 2.45) is 5.92 Å². The van der Waals surface area contributed by atoms with Crippen LogP contribution >= 0.6 is 0 Å². The summed E-state index contributed by atoms with van der Waals surface area (Å²) in [5, 5.41) is 3.59. The van der Waals surface area contributed by atoms with Crippen molar-refractivity contribution in [1.82, 2.24) is 10.2 Å². The Labute approximate surface area is 101 Å². The molecule has 0 aromatic rings. The van der Waals surface area contributed by atoms with Crippen molar-refractivity contribution >= 4 is 0 Å². The van der Waals surface area contributed by atoms with E-state index in [2.05, 4.69) is 38.0 Å². The van der Waals surface area contributed by atoms with Crippen LogP contribution in [0, 0.1) is 5.92 Å². The van der Waals surface area contributed by atoms with Crippen molar-refractivity contribution in [1.29, 1.82) is 0 Å². The topological polar surface area (TPSA) is 24.5 Å². The van der Waals surface area contributed by atoms with E-state index in [0.717, 1.165) is 32.7 Å². The first-order valence-electron chi connectivity index (χ1n) is 6.70. The van der Waals surface area contributed by atoms with Gasteiger partial charge in [-0.15, -0.1) is 0 Å². The zero-order valence-electron chi connectivity index (χ0n) is 11.3. The fourth-order valence-corrected chi connectivity index (χ4v) is 2.37. The zero-order chi connectivity index (χ0) is 12.0. The van der Waals surface area contributed by atoms with E-state index >= 15 is 0 Å². The normalized spacial score (nSPS) is 28.3. The average molecular weight is 228 g/mol. The summed E-state index contributed by atoms with van der Waals surface area (Å²) in [6, 6.07) is 1.31. The Morgan fingerprint density at radius 3 is 2.81 bits per heavy atom. The van der Waals surface area contributed by atoms with Crippen LogP contribution in [0.2, 0.25) is 0 Å². The lowest BCUT2D eigenvalue weighted by Crippen LogP contribution is -2.48. The Balaban J connectivity index is 2.42. The Hall–Kier alpha value is -0.120. The SMILES string of the molecule is CCNC1CCOCC1CN(C)C(C)CC. The molecule has 0 saturated carbocycles. The molecule has 0 amide bonds. The van der Waals surface area contributed by atoms with Gasteiger partial charge < -0.3 is 15.0 Å². The number of nitrogens with one attached hydrogen (secondary N) is 1. The highest BCUT2D eigenvalue weighted by Gasteiger charge is 2.26. The Kier molecular flexibility index (Phi) is 6.32. The molecule has 96 valence electrons. The maximum absolute atomic E-state index is 5.61. The van der Waals surface area contributed by atoms with E-state index in [9.17, 15) is 0 Å². The van der Waals surface area contributed by atoms with Gasteiger partial charge in [-0.1, -0.05) is 13.8 Å². The molecule has 0 radical (unpaired) electrons. The molecule has 3 unspecified atom stereocenters. The number of hydrogen-bond donors (Lipinski definition) is 1. The largest absolute Gasteiger partial charge is 0.381 e. The molecule has 0 aromatic carbocycles. The van der Waals surface area contributed by atoms with Crippen LogP contribution in [0.3, 0.4) is 0 Å². The second kappa shape index (κ2) is 7.25. The fourth-order valence-electron chi connectivity index (χ4n) is 2.37. The Morgan fingerprint density at radius 1 is 1.44 bits per heavy atom. The molecule has 1 rings (SSSR count). The molecular weight excluding hydrogens is 200 g/mol. The van der Waals surface area contributed by atoms with E-state index in [0.29, 0.717) is 18.0 Å². The maximum atomic E-state index is 5.61. The molecule has 1 aliphatic rings. The minimum absolute atomic E-state index is 0.644. The van der Waals surface area contributed by atoms with Gasteiger partial charge in [-0.3, -0.25) is 0 Å². The summed E-state index contributed by atoms with van der Waals surface area (Å²) in [6.45, 7) is 10.8. The van der Waals surface area contributed by atoms with E-state index < -0.39 is 0 Å². The lowest BCUT2D eigenvalue weighted by atomic mass is 9.94. The molecule has 3 heteroatoms. The smallest absolute Gasteiger partial charge is 0.0521 e. The number of hydrogen-bond acceptors (Lipinski definition) is 3. The lowest BCUT2D eigenvalue weighted by molar-refractivity contribution is 0.0157. The highest BCUT2D eigenvalue weighted by molar-refractivity contribution is 4.82. The molecule has 0 aromatic heterocycles. The summed E-state index contributed by atoms with van der Waals surface area (Å²) in [5.41, 5.74) is 0. The van der Waals surface area contributed by atoms with Gasteiger partial charge in [-0.2, -0.15) is 0 Å². The molecular formula is C13H28N2O. The summed E-state index contributed by atoms with van der Waals surface area (Å²) in [4.78, 5) is 2.46. The van der Waals surface area contributed by atoms with Gasteiger partial charge in [0.15, 0.2) is 0 Å². The van der Waals surface area contributed by atoms with Gasteiger partial charge >= 0.3 is 0 Å². The van der Waals surface area contributed by atoms with Crippen molar-refractivity contribution in [3.63, 3.8) is 0 Å². The first-order valence-corrected chi connectivity index (χ1v) is 6.70. The van der Waals surface area contributed by atoms with Crippen molar-refractivity contribution in [3.8, 4) is 0 Å². The second-order valence-electron chi connectivity index (χ2n) is 4.98. The van der Waals surface area contributed by atoms with Crippen LogP contribution in [0.5, 0.6) is 0 Å². The van der Waals surface area contributed by atoms with Gasteiger partial charge in [0.1, 0.15) is 0 Å². The summed E-state index contributed by atoms with van der Waals surface area (Å²) in [5.74, 6) is 0.646. The Morgan fingerprint density at radius 2 is 2.19 bits per heavy atom. The third-order valence-corrected chi connectivity index (χ3v) is 3.81. The van der Waals surface area contributed by atoms with Crippen LogP contribution < -0.4 is 5.32 Å². The van der Waals surface area contributed by atoms with Crippen LogP contribution in [0.1, 0.15) is 33.6 Å². The van der Waals surface area contributed by atoms with Crippen LogP contribution in [-0.2, 0) is 4.74 Å². The van der Waals surface area contributed by atoms with E-state index in [1.807, 2.05) is 0 Å². The van der Waals surface area contributed by atoms with E-state index in [1.165, 1.54) is 6.42 Å². The number of ether oxygens (including phenoxy) is 1. The Bertz CT molecular complexity index is 185. The second-order valence-corrected chi connectivity index (χ2v) is 4.98. The first-order chi connectivity index (χ1) is 7.69. The first kappa shape index (κ1) is 13.9. The van der Waals surface area contributed by atoms with Gasteiger partial charge in [0.2, 0.25) is 0 Å². The van der Waals surface area contributed by atoms with Gasteiger partial charge in [-0.05, 0) is 33.4 Å². The molecule has 3 atom stereocenters. The quantitative estimate of drug-likeness (QED) is 0.749. The van der Waals surface area contributed by atoms with E-state index in [4.69, 9.17) is 4.74 Å². The molecule has 1 fully saturated rings. The minimum atomic E-state index is 0.644. The molecule has 0 aliphatic carbocycles. The standard InChI is InChI=1S/C13H28N2O/c1-5-11(3)15(4)9-12-10-16-8-7-13(12)14-6-2/h11-14H,5-10H2,1-4H3. The summed E-state index contributed by atoms with van der Waals surface area (Å²) >= 11 is 0. The summed E-state index contributed by atoms with van der Waals surface area (Å²) in [7, 11) is 2.23. The van der Waals surface area contributed by atoms with Crippen molar-refractivity contribution in [3.05, 3.63) is 0 Å². The zero-order valence-corrected chi connectivity index (χ0v) is 11.3. The molecule has 1 aliphatic heterocycles. The monoisotopic (exact) mass is 228 g/mol. The van der Waals surface area contributed by atoms with Gasteiger partial charge in [0, 0.05) is 31.2 Å². The highest BCUT2D eigenvalue weighted by atomic mass is 16.5. The van der Waals surface area contributed by atoms with Crippen LogP contribution in [-0.4, -0.2) is 50.3 Å². The summed E-state index contributed by atoms with van der Waals surface area (Å²) in [6.07, 6.45) is 2.38. The predicted octanol–water partition coefficient (Wildman–Crippen LogP) is 1.73. The third-order valence-electron chi connectivity index (χ3n) is 3.81. The number of rotatable bonds is 6. The van der Waals surface area contributed by atoms with Crippen molar-refractivity contribution in [2.75, 3.05) is 33.4 Å². The van der Waals surface area contributed by atoms with Crippen LogP contribution in [0.25, 0.3) is 0 Å². The molecule has 0 spiro atoms. The molecule has 16 heavy (non-hydrogen) atoms. The molecule has 0 bridgehead atoms. The fraction of sp³-hybridized carbons (Fsp3) is 1.00. The van der Waals surface area contributed by atoms with Crippen molar-refractivity contribution < 1.29 is 4.74 Å². The summed E-state index contributed by atoms with van der Waals surface area (Å²) < 4.78 is 5.61. The van der Waals surface area contributed by atoms with E-state index in [-0.39, 0.29) is 0 Å². The predicted molar refractivity (Wildman–Crippen MR) is 68.8 cm³/mol. The van der Waals surface area contributed by atoms with Crippen molar-refractivity contribution in [2.45, 2.75) is 45.7 Å². The molecule has 3 nitrogen and oxygen atoms in total. The third kappa shape index (κ3) is 4.04. The average Bonchev–Trinajstić information content (AvgIpc) is 2.31. The molecule has 1 saturated heterocycles. The minimum Gasteiger partial charge on any atom is -0.381 e. The lowest BCUT2D eigenvalue weighted by Gasteiger charge is -2.36. The van der Waals surface area contributed by atoms with Crippen LogP contribution in [0.15, 0.2) is 0 Å².